The Balaban J connectivity index is 0.00000324. The molecule has 0 aliphatic carbocycles. The first kappa shape index (κ1) is 25.9. The second-order valence-corrected chi connectivity index (χ2v) is 9.69. The maximum Gasteiger partial charge on any atom is 0.260 e. The van der Waals surface area contributed by atoms with Crippen LogP contribution >= 0.6 is 35.5 Å². The summed E-state index contributed by atoms with van der Waals surface area (Å²) >= 11 is 3.17. The van der Waals surface area contributed by atoms with Crippen molar-refractivity contribution in [3.05, 3.63) is 89.5 Å². The molecular weight excluding hydrogens is 486 g/mol. The minimum Gasteiger partial charge on any atom is -0.308 e. The Kier molecular flexibility index (Phi) is 8.85. The van der Waals surface area contributed by atoms with Gasteiger partial charge in [-0.2, -0.15) is 0 Å². The maximum atomic E-state index is 13.5. The molecule has 0 radical (unpaired) electrons. The largest absolute Gasteiger partial charge is 0.308 e. The number of nitrogens with zero attached hydrogens (tertiary/aromatic N) is 3. The molecule has 0 fully saturated rings. The SMILES string of the molecule is CSc1cccc2sc(N(CCN(C)C)C(=O)c3ccc(C(=O)c4ccccc4)cc3)nc12.Cl. The Hall–Kier alpha value is -2.71. The van der Waals surface area contributed by atoms with Crippen LogP contribution in [-0.4, -0.2) is 55.0 Å². The molecule has 4 aromatic rings. The molecule has 0 saturated carbocycles. The Morgan fingerprint density at radius 2 is 1.50 bits per heavy atom. The molecular formula is C26H26ClN3O2S2. The summed E-state index contributed by atoms with van der Waals surface area (Å²) in [5, 5.41) is 0.683. The fraction of sp³-hybridized carbons (Fsp3) is 0.192. The van der Waals surface area contributed by atoms with Crippen LogP contribution in [0.4, 0.5) is 5.13 Å². The highest BCUT2D eigenvalue weighted by molar-refractivity contribution is 7.98. The van der Waals surface area contributed by atoms with E-state index in [1.807, 2.05) is 61.6 Å². The van der Waals surface area contributed by atoms with E-state index in [9.17, 15) is 9.59 Å². The van der Waals surface area contributed by atoms with E-state index in [0.717, 1.165) is 15.1 Å². The minimum absolute atomic E-state index is 0. The van der Waals surface area contributed by atoms with Crippen LogP contribution in [0.15, 0.2) is 77.7 Å². The second kappa shape index (κ2) is 11.6. The summed E-state index contributed by atoms with van der Waals surface area (Å²) < 4.78 is 1.06. The fourth-order valence-electron chi connectivity index (χ4n) is 3.45. The van der Waals surface area contributed by atoms with Crippen molar-refractivity contribution in [3.63, 3.8) is 0 Å². The number of hydrogen-bond acceptors (Lipinski definition) is 6. The number of amides is 1. The van der Waals surface area contributed by atoms with Crippen molar-refractivity contribution in [2.75, 3.05) is 38.3 Å². The van der Waals surface area contributed by atoms with Gasteiger partial charge in [0.05, 0.1) is 10.2 Å². The van der Waals surface area contributed by atoms with Crippen LogP contribution in [0.1, 0.15) is 26.3 Å². The number of rotatable bonds is 8. The Labute approximate surface area is 214 Å². The maximum absolute atomic E-state index is 13.5. The number of fused-ring (bicyclic) bond motifs is 1. The number of carbonyl (C=O) groups is 2. The normalized spacial score (nSPS) is 10.8. The predicted octanol–water partition coefficient (Wildman–Crippen LogP) is 5.88. The number of thioether (sulfide) groups is 1. The molecule has 5 nitrogen and oxygen atoms in total. The van der Waals surface area contributed by atoms with Gasteiger partial charge in [0.2, 0.25) is 0 Å². The summed E-state index contributed by atoms with van der Waals surface area (Å²) in [6.07, 6.45) is 2.03. The van der Waals surface area contributed by atoms with Gasteiger partial charge in [-0.05, 0) is 44.6 Å². The van der Waals surface area contributed by atoms with Gasteiger partial charge in [-0.1, -0.05) is 59.9 Å². The van der Waals surface area contributed by atoms with Gasteiger partial charge in [0.25, 0.3) is 5.91 Å². The van der Waals surface area contributed by atoms with Crippen molar-refractivity contribution in [3.8, 4) is 0 Å². The van der Waals surface area contributed by atoms with Gasteiger partial charge in [0.15, 0.2) is 10.9 Å². The number of hydrogen-bond donors (Lipinski definition) is 0. The third-order valence-electron chi connectivity index (χ3n) is 5.27. The van der Waals surface area contributed by atoms with Gasteiger partial charge < -0.3 is 4.90 Å². The summed E-state index contributed by atoms with van der Waals surface area (Å²) in [5.74, 6) is -0.185. The van der Waals surface area contributed by atoms with Crippen LogP contribution in [-0.2, 0) is 0 Å². The quantitative estimate of drug-likeness (QED) is 0.218. The molecule has 0 bridgehead atoms. The molecule has 0 aliphatic heterocycles. The van der Waals surface area contributed by atoms with E-state index in [-0.39, 0.29) is 24.1 Å². The van der Waals surface area contributed by atoms with E-state index >= 15 is 0 Å². The number of anilines is 1. The van der Waals surface area contributed by atoms with Gasteiger partial charge in [-0.25, -0.2) is 4.98 Å². The first-order valence-corrected chi connectivity index (χ1v) is 12.6. The third-order valence-corrected chi connectivity index (χ3v) is 7.08. The zero-order valence-electron chi connectivity index (χ0n) is 19.2. The van der Waals surface area contributed by atoms with E-state index in [4.69, 9.17) is 4.98 Å². The van der Waals surface area contributed by atoms with Gasteiger partial charge in [-0.15, -0.1) is 24.2 Å². The molecule has 0 unspecified atom stereocenters. The van der Waals surface area contributed by atoms with E-state index in [1.165, 1.54) is 11.3 Å². The Morgan fingerprint density at radius 3 is 2.15 bits per heavy atom. The highest BCUT2D eigenvalue weighted by Gasteiger charge is 2.22. The van der Waals surface area contributed by atoms with Crippen LogP contribution in [0.3, 0.4) is 0 Å². The number of aromatic nitrogens is 1. The first-order valence-electron chi connectivity index (χ1n) is 10.6. The summed E-state index contributed by atoms with van der Waals surface area (Å²) in [5.41, 5.74) is 2.64. The molecule has 34 heavy (non-hydrogen) atoms. The average Bonchev–Trinajstić information content (AvgIpc) is 3.28. The molecule has 0 N–H and O–H groups in total. The number of ketones is 1. The number of benzene rings is 3. The van der Waals surface area contributed by atoms with E-state index in [2.05, 4.69) is 0 Å². The van der Waals surface area contributed by atoms with Crippen molar-refractivity contribution in [2.45, 2.75) is 4.90 Å². The summed E-state index contributed by atoms with van der Waals surface area (Å²) in [6, 6.07) is 22.1. The molecule has 1 amide bonds. The lowest BCUT2D eigenvalue weighted by molar-refractivity contribution is 0.0982. The van der Waals surface area contributed by atoms with E-state index < -0.39 is 0 Å². The Morgan fingerprint density at radius 1 is 0.853 bits per heavy atom. The average molecular weight is 512 g/mol. The summed E-state index contributed by atoms with van der Waals surface area (Å²) in [4.78, 5) is 35.9. The van der Waals surface area contributed by atoms with E-state index in [0.29, 0.717) is 34.9 Å². The molecule has 0 saturated heterocycles. The first-order chi connectivity index (χ1) is 16.0. The topological polar surface area (TPSA) is 53.5 Å². The van der Waals surface area contributed by atoms with Gasteiger partial charge >= 0.3 is 0 Å². The number of carbonyl (C=O) groups excluding carboxylic acids is 2. The number of para-hydroxylation sites is 1. The zero-order valence-corrected chi connectivity index (χ0v) is 21.7. The predicted molar refractivity (Wildman–Crippen MR) is 145 cm³/mol. The van der Waals surface area contributed by atoms with Crippen LogP contribution in [0, 0.1) is 0 Å². The smallest absolute Gasteiger partial charge is 0.260 e. The Bertz CT molecular complexity index is 1270. The molecule has 1 heterocycles. The van der Waals surface area contributed by atoms with Gasteiger partial charge in [0.1, 0.15) is 0 Å². The fourth-order valence-corrected chi connectivity index (χ4v) is 5.10. The standard InChI is InChI=1S/C26H25N3O2S2.ClH/c1-28(2)16-17-29(26-27-23-21(32-3)10-7-11-22(23)33-26)25(31)20-14-12-19(13-15-20)24(30)18-8-5-4-6-9-18;/h4-15H,16-17H2,1-3H3;1H. The van der Waals surface area contributed by atoms with Crippen molar-refractivity contribution in [2.24, 2.45) is 0 Å². The molecule has 0 spiro atoms. The lowest BCUT2D eigenvalue weighted by Gasteiger charge is -2.22. The lowest BCUT2D eigenvalue weighted by atomic mass is 10.0. The molecule has 0 atom stereocenters. The molecule has 3 aromatic carbocycles. The molecule has 1 aromatic heterocycles. The van der Waals surface area contributed by atoms with Crippen molar-refractivity contribution in [1.29, 1.82) is 0 Å². The van der Waals surface area contributed by atoms with Crippen molar-refractivity contribution < 1.29 is 9.59 Å². The van der Waals surface area contributed by atoms with Gasteiger partial charge in [0, 0.05) is 34.7 Å². The molecule has 176 valence electrons. The lowest BCUT2D eigenvalue weighted by Crippen LogP contribution is -2.36. The second-order valence-electron chi connectivity index (χ2n) is 7.84. The zero-order chi connectivity index (χ0) is 23.4. The molecule has 0 aliphatic rings. The monoisotopic (exact) mass is 511 g/mol. The van der Waals surface area contributed by atoms with Crippen LogP contribution in [0.5, 0.6) is 0 Å². The summed E-state index contributed by atoms with van der Waals surface area (Å²) in [7, 11) is 3.97. The van der Waals surface area contributed by atoms with Gasteiger partial charge in [-0.3, -0.25) is 14.5 Å². The third kappa shape index (κ3) is 5.67. The van der Waals surface area contributed by atoms with Crippen LogP contribution in [0.25, 0.3) is 10.2 Å². The molecule has 4 rings (SSSR count). The number of likely N-dealkylation sites (N-methyl/N-ethyl adjacent to an activating group) is 1. The molecule has 8 heteroatoms. The van der Waals surface area contributed by atoms with Crippen molar-refractivity contribution in [1.82, 2.24) is 9.88 Å². The number of thiazole rings is 1. The highest BCUT2D eigenvalue weighted by atomic mass is 35.5. The number of halogens is 1. The van der Waals surface area contributed by atoms with Crippen LogP contribution < -0.4 is 4.90 Å². The summed E-state index contributed by atoms with van der Waals surface area (Å²) in [6.45, 7) is 1.23. The van der Waals surface area contributed by atoms with E-state index in [1.54, 1.807) is 53.1 Å². The minimum atomic E-state index is -0.125. The highest BCUT2D eigenvalue weighted by Crippen LogP contribution is 2.34. The van der Waals surface area contributed by atoms with Crippen LogP contribution in [0.2, 0.25) is 0 Å². The van der Waals surface area contributed by atoms with Crippen molar-refractivity contribution >= 4 is 62.5 Å².